The van der Waals surface area contributed by atoms with Gasteiger partial charge < -0.3 is 15.5 Å². The second-order valence-electron chi connectivity index (χ2n) is 4.39. The molecule has 0 saturated heterocycles. The van der Waals surface area contributed by atoms with Crippen molar-refractivity contribution in [2.75, 3.05) is 11.1 Å². The molecule has 21 heavy (non-hydrogen) atoms. The molecule has 9 heteroatoms. The van der Waals surface area contributed by atoms with Crippen LogP contribution in [0.25, 0.3) is 11.1 Å². The number of anilines is 3. The Kier molecular flexibility index (Phi) is 2.82. The summed E-state index contributed by atoms with van der Waals surface area (Å²) in [4.78, 5) is 23.2. The molecule has 3 aromatic rings. The van der Waals surface area contributed by atoms with Crippen LogP contribution in [-0.2, 0) is 7.05 Å². The van der Waals surface area contributed by atoms with Gasteiger partial charge in [-0.2, -0.15) is 15.0 Å². The van der Waals surface area contributed by atoms with E-state index in [1.807, 2.05) is 0 Å². The quantitative estimate of drug-likeness (QED) is 0.726. The molecule has 0 amide bonds. The van der Waals surface area contributed by atoms with Crippen molar-refractivity contribution in [3.63, 3.8) is 0 Å². The van der Waals surface area contributed by atoms with Crippen molar-refractivity contribution in [1.82, 2.24) is 19.5 Å². The molecular weight excluding hydrogens is 279 g/mol. The van der Waals surface area contributed by atoms with E-state index in [1.54, 1.807) is 6.92 Å². The lowest BCUT2D eigenvalue weighted by Crippen LogP contribution is -2.08. The second kappa shape index (κ2) is 4.54. The van der Waals surface area contributed by atoms with E-state index in [1.165, 1.54) is 23.7 Å². The predicted molar refractivity (Wildman–Crippen MR) is 73.7 cm³/mol. The van der Waals surface area contributed by atoms with E-state index in [0.29, 0.717) is 11.3 Å². The molecule has 3 N–H and O–H groups in total. The van der Waals surface area contributed by atoms with Gasteiger partial charge in [0.2, 0.25) is 11.9 Å². The van der Waals surface area contributed by atoms with E-state index in [4.69, 9.17) is 10.2 Å². The number of benzene rings is 1. The normalized spacial score (nSPS) is 11.0. The minimum absolute atomic E-state index is 0.00657. The van der Waals surface area contributed by atoms with Gasteiger partial charge in [-0.1, -0.05) is 0 Å². The summed E-state index contributed by atoms with van der Waals surface area (Å²) in [7, 11) is 1.53. The summed E-state index contributed by atoms with van der Waals surface area (Å²) in [5.74, 6) is -0.740. The Bertz CT molecular complexity index is 880. The maximum absolute atomic E-state index is 14.0. The van der Waals surface area contributed by atoms with Gasteiger partial charge in [0, 0.05) is 7.05 Å². The molecule has 0 aliphatic heterocycles. The fourth-order valence-corrected chi connectivity index (χ4v) is 1.96. The topological polar surface area (TPSA) is 112 Å². The van der Waals surface area contributed by atoms with E-state index in [0.717, 1.165) is 0 Å². The molecular formula is C12H11FN6O2. The molecule has 0 spiro atoms. The Morgan fingerprint density at radius 1 is 1.33 bits per heavy atom. The summed E-state index contributed by atoms with van der Waals surface area (Å²) in [5, 5.41) is 2.67. The van der Waals surface area contributed by atoms with Crippen molar-refractivity contribution in [3.8, 4) is 0 Å². The Labute approximate surface area is 117 Å². The second-order valence-corrected chi connectivity index (χ2v) is 4.39. The lowest BCUT2D eigenvalue weighted by molar-refractivity contribution is 0.526. The van der Waals surface area contributed by atoms with Crippen LogP contribution in [0, 0.1) is 12.7 Å². The number of aromatic nitrogens is 4. The summed E-state index contributed by atoms with van der Waals surface area (Å²) < 4.78 is 20.3. The van der Waals surface area contributed by atoms with E-state index in [-0.39, 0.29) is 23.2 Å². The minimum atomic E-state index is -0.603. The number of nitrogens with zero attached hydrogens (tertiary/aromatic N) is 4. The molecule has 0 bridgehead atoms. The largest absolute Gasteiger partial charge is 0.419 e. The van der Waals surface area contributed by atoms with Crippen LogP contribution in [-0.4, -0.2) is 19.5 Å². The molecule has 0 aliphatic rings. The first-order valence-corrected chi connectivity index (χ1v) is 5.99. The van der Waals surface area contributed by atoms with E-state index < -0.39 is 11.6 Å². The molecule has 0 saturated carbocycles. The molecule has 3 rings (SSSR count). The highest BCUT2D eigenvalue weighted by Gasteiger charge is 2.16. The summed E-state index contributed by atoms with van der Waals surface area (Å²) in [5.41, 5.74) is 6.02. The first kappa shape index (κ1) is 13.0. The smallest absolute Gasteiger partial charge is 0.405 e. The lowest BCUT2D eigenvalue weighted by atomic mass is 10.2. The zero-order chi connectivity index (χ0) is 15.1. The standard InChI is InChI=1S/C12H11FN6O2/c1-5-15-10(14)18-11(16-5)17-8-6(13)3-4-7-9(8)21-12(20)19(7)2/h3-4H,1-2H3,(H3,14,15,16,17,18). The minimum Gasteiger partial charge on any atom is -0.405 e. The average Bonchev–Trinajstić information content (AvgIpc) is 2.68. The van der Waals surface area contributed by atoms with Gasteiger partial charge >= 0.3 is 5.76 Å². The fourth-order valence-electron chi connectivity index (χ4n) is 1.96. The fraction of sp³-hybridized carbons (Fsp3) is 0.167. The van der Waals surface area contributed by atoms with Gasteiger partial charge in [0.1, 0.15) is 11.5 Å². The molecule has 0 radical (unpaired) electrons. The number of nitrogens with two attached hydrogens (primary N) is 1. The summed E-state index contributed by atoms with van der Waals surface area (Å²) >= 11 is 0. The Balaban J connectivity index is 2.17. The number of hydrogen-bond acceptors (Lipinski definition) is 7. The van der Waals surface area contributed by atoms with Gasteiger partial charge in [0.05, 0.1) is 5.52 Å². The molecule has 2 aromatic heterocycles. The van der Waals surface area contributed by atoms with Crippen LogP contribution in [0.2, 0.25) is 0 Å². The third-order valence-corrected chi connectivity index (χ3v) is 2.91. The molecule has 0 atom stereocenters. The van der Waals surface area contributed by atoms with Gasteiger partial charge in [-0.3, -0.25) is 4.57 Å². The third kappa shape index (κ3) is 2.18. The predicted octanol–water partition coefficient (Wildman–Crippen LogP) is 1.09. The van der Waals surface area contributed by atoms with Crippen LogP contribution in [0.5, 0.6) is 0 Å². The van der Waals surface area contributed by atoms with Crippen molar-refractivity contribution >= 4 is 28.7 Å². The van der Waals surface area contributed by atoms with Gasteiger partial charge in [-0.05, 0) is 19.1 Å². The number of oxazole rings is 1. The summed E-state index contributed by atoms with van der Waals surface area (Å²) in [6.07, 6.45) is 0. The zero-order valence-electron chi connectivity index (χ0n) is 11.2. The highest BCUT2D eigenvalue weighted by atomic mass is 19.1. The highest BCUT2D eigenvalue weighted by molar-refractivity contribution is 5.88. The maximum Gasteiger partial charge on any atom is 0.419 e. The van der Waals surface area contributed by atoms with Crippen LogP contribution in [0.1, 0.15) is 5.82 Å². The first-order chi connectivity index (χ1) is 9.95. The van der Waals surface area contributed by atoms with Crippen molar-refractivity contribution < 1.29 is 8.81 Å². The van der Waals surface area contributed by atoms with Crippen LogP contribution in [0.15, 0.2) is 21.3 Å². The number of rotatable bonds is 2. The molecule has 0 aliphatic carbocycles. The highest BCUT2D eigenvalue weighted by Crippen LogP contribution is 2.27. The van der Waals surface area contributed by atoms with E-state index >= 15 is 0 Å². The van der Waals surface area contributed by atoms with Crippen LogP contribution < -0.4 is 16.8 Å². The van der Waals surface area contributed by atoms with Gasteiger partial charge in [-0.25, -0.2) is 9.18 Å². The number of nitrogen functional groups attached to an aromatic ring is 1. The SMILES string of the molecule is Cc1nc(N)nc(Nc2c(F)ccc3c2oc(=O)n3C)n1. The molecule has 108 valence electrons. The van der Waals surface area contributed by atoms with Gasteiger partial charge in [-0.15, -0.1) is 0 Å². The van der Waals surface area contributed by atoms with Crippen molar-refractivity contribution in [2.45, 2.75) is 6.92 Å². The Morgan fingerprint density at radius 3 is 2.81 bits per heavy atom. The van der Waals surface area contributed by atoms with Crippen LogP contribution in [0.3, 0.4) is 0 Å². The monoisotopic (exact) mass is 290 g/mol. The average molecular weight is 290 g/mol. The van der Waals surface area contributed by atoms with Crippen LogP contribution in [0.4, 0.5) is 22.0 Å². The summed E-state index contributed by atoms with van der Waals surface area (Å²) in [6.45, 7) is 1.63. The van der Waals surface area contributed by atoms with E-state index in [2.05, 4.69) is 20.3 Å². The zero-order valence-corrected chi connectivity index (χ0v) is 11.2. The maximum atomic E-state index is 14.0. The number of hydrogen-bond donors (Lipinski definition) is 2. The van der Waals surface area contributed by atoms with Gasteiger partial charge in [0.15, 0.2) is 11.4 Å². The molecule has 2 heterocycles. The lowest BCUT2D eigenvalue weighted by Gasteiger charge is -2.07. The third-order valence-electron chi connectivity index (χ3n) is 2.91. The van der Waals surface area contributed by atoms with Crippen molar-refractivity contribution in [3.05, 3.63) is 34.3 Å². The Morgan fingerprint density at radius 2 is 2.10 bits per heavy atom. The van der Waals surface area contributed by atoms with E-state index in [9.17, 15) is 9.18 Å². The summed E-state index contributed by atoms with van der Waals surface area (Å²) in [6, 6.07) is 2.67. The van der Waals surface area contributed by atoms with Crippen LogP contribution >= 0.6 is 0 Å². The molecule has 0 unspecified atom stereocenters. The van der Waals surface area contributed by atoms with Crippen molar-refractivity contribution in [2.24, 2.45) is 7.05 Å². The van der Waals surface area contributed by atoms with Crippen molar-refractivity contribution in [1.29, 1.82) is 0 Å². The van der Waals surface area contributed by atoms with Gasteiger partial charge in [0.25, 0.3) is 0 Å². The Hall–Kier alpha value is -2.97. The number of nitrogens with one attached hydrogen (secondary N) is 1. The molecule has 1 aromatic carbocycles. The molecule has 8 nitrogen and oxygen atoms in total. The number of aryl methyl sites for hydroxylation is 2. The number of halogens is 1. The molecule has 0 fully saturated rings. The number of fused-ring (bicyclic) bond motifs is 1. The first-order valence-electron chi connectivity index (χ1n) is 5.99.